The Labute approximate surface area is 160 Å². The Bertz CT molecular complexity index is 731. The fraction of sp³-hybridized carbons (Fsp3) is 0.500. The van der Waals surface area contributed by atoms with Gasteiger partial charge in [0.05, 0.1) is 6.10 Å². The summed E-state index contributed by atoms with van der Waals surface area (Å²) in [6.07, 6.45) is -1.42. The van der Waals surface area contributed by atoms with Gasteiger partial charge in [-0.1, -0.05) is 30.3 Å². The van der Waals surface area contributed by atoms with Crippen molar-refractivity contribution in [3.8, 4) is 11.4 Å². The van der Waals surface area contributed by atoms with Crippen molar-refractivity contribution in [2.24, 2.45) is 0 Å². The number of hydrogen-bond donors (Lipinski definition) is 2. The molecule has 3 rings (SSSR count). The highest BCUT2D eigenvalue weighted by Crippen LogP contribution is 2.15. The first-order valence-electron chi connectivity index (χ1n) is 8.82. The second kappa shape index (κ2) is 10.2. The highest BCUT2D eigenvalue weighted by Gasteiger charge is 2.38. The molecule has 1 unspecified atom stereocenters. The summed E-state index contributed by atoms with van der Waals surface area (Å²) in [6, 6.07) is 10.0. The molecular formula is C18H23F3N4O3. The number of aromatic amines is 1. The zero-order valence-corrected chi connectivity index (χ0v) is 15.4. The third-order valence-electron chi connectivity index (χ3n) is 4.08. The van der Waals surface area contributed by atoms with Gasteiger partial charge in [0, 0.05) is 31.7 Å². The van der Waals surface area contributed by atoms with Crippen LogP contribution in [0, 0.1) is 0 Å². The van der Waals surface area contributed by atoms with E-state index in [4.69, 9.17) is 14.6 Å². The average molecular weight is 400 g/mol. The van der Waals surface area contributed by atoms with Crippen molar-refractivity contribution >= 4 is 5.97 Å². The summed E-state index contributed by atoms with van der Waals surface area (Å²) in [5.41, 5.74) is 1.05. The van der Waals surface area contributed by atoms with Crippen LogP contribution in [-0.2, 0) is 16.0 Å². The molecule has 1 aliphatic heterocycles. The molecule has 28 heavy (non-hydrogen) atoms. The van der Waals surface area contributed by atoms with Crippen molar-refractivity contribution in [2.45, 2.75) is 31.5 Å². The number of H-pyrrole nitrogens is 1. The van der Waals surface area contributed by atoms with Crippen LogP contribution in [0.15, 0.2) is 30.3 Å². The van der Waals surface area contributed by atoms with Gasteiger partial charge in [0.1, 0.15) is 5.82 Å². The fourth-order valence-corrected chi connectivity index (χ4v) is 2.65. The van der Waals surface area contributed by atoms with Crippen LogP contribution in [0.2, 0.25) is 0 Å². The number of rotatable bonds is 6. The molecule has 0 saturated carbocycles. The normalized spacial score (nSPS) is 16.7. The number of hydrogen-bond acceptors (Lipinski definition) is 5. The highest BCUT2D eigenvalue weighted by atomic mass is 19.4. The van der Waals surface area contributed by atoms with Gasteiger partial charge in [-0.3, -0.25) is 5.10 Å². The van der Waals surface area contributed by atoms with E-state index in [1.54, 1.807) is 0 Å². The van der Waals surface area contributed by atoms with Gasteiger partial charge in [0.15, 0.2) is 5.82 Å². The lowest BCUT2D eigenvalue weighted by Crippen LogP contribution is -2.30. The monoisotopic (exact) mass is 400 g/mol. The number of nitrogens with zero attached hydrogens (tertiary/aromatic N) is 3. The molecule has 0 amide bonds. The van der Waals surface area contributed by atoms with Crippen LogP contribution in [0.3, 0.4) is 0 Å². The van der Waals surface area contributed by atoms with Crippen molar-refractivity contribution in [1.29, 1.82) is 0 Å². The molecule has 1 saturated heterocycles. The molecule has 10 heteroatoms. The number of ether oxygens (including phenoxy) is 1. The lowest BCUT2D eigenvalue weighted by atomic mass is 10.2. The van der Waals surface area contributed by atoms with Crippen LogP contribution in [0.5, 0.6) is 0 Å². The predicted molar refractivity (Wildman–Crippen MR) is 95.7 cm³/mol. The Morgan fingerprint density at radius 1 is 1.36 bits per heavy atom. The van der Waals surface area contributed by atoms with E-state index in [2.05, 4.69) is 27.1 Å². The SMILES string of the molecule is CN(CCc1nc(-c2ccccc2)n[nH]1)CC1CCCO1.O=C(O)C(F)(F)F. The largest absolute Gasteiger partial charge is 0.490 e. The van der Waals surface area contributed by atoms with E-state index >= 15 is 0 Å². The minimum absolute atomic E-state index is 0.407. The maximum atomic E-state index is 10.6. The Morgan fingerprint density at radius 2 is 2.04 bits per heavy atom. The molecule has 1 aromatic carbocycles. The molecule has 2 aromatic rings. The summed E-state index contributed by atoms with van der Waals surface area (Å²) < 4.78 is 37.4. The van der Waals surface area contributed by atoms with Crippen LogP contribution >= 0.6 is 0 Å². The maximum Gasteiger partial charge on any atom is 0.490 e. The number of carboxylic acid groups (broad SMARTS) is 1. The Kier molecular flexibility index (Phi) is 7.94. The predicted octanol–water partition coefficient (Wildman–Crippen LogP) is 2.76. The van der Waals surface area contributed by atoms with Crippen LogP contribution in [0.25, 0.3) is 11.4 Å². The van der Waals surface area contributed by atoms with Crippen molar-refractivity contribution in [3.05, 3.63) is 36.2 Å². The Morgan fingerprint density at radius 3 is 2.61 bits per heavy atom. The summed E-state index contributed by atoms with van der Waals surface area (Å²) >= 11 is 0. The zero-order chi connectivity index (χ0) is 20.6. The second-order valence-corrected chi connectivity index (χ2v) is 6.42. The molecular weight excluding hydrogens is 377 g/mol. The van der Waals surface area contributed by atoms with Gasteiger partial charge < -0.3 is 14.7 Å². The average Bonchev–Trinajstić information content (AvgIpc) is 3.32. The standard InChI is InChI=1S/C16H22N4O.C2HF3O2/c1-20(12-14-8-5-11-21-14)10-9-15-17-16(19-18-15)13-6-3-2-4-7-13;3-2(4,5)1(6)7/h2-4,6-7,14H,5,8-12H2,1H3,(H,17,18,19);(H,6,7). The third-order valence-corrected chi connectivity index (χ3v) is 4.08. The van der Waals surface area contributed by atoms with E-state index < -0.39 is 12.1 Å². The maximum absolute atomic E-state index is 10.6. The van der Waals surface area contributed by atoms with Gasteiger partial charge in [-0.05, 0) is 19.9 Å². The second-order valence-electron chi connectivity index (χ2n) is 6.42. The van der Waals surface area contributed by atoms with Crippen LogP contribution in [0.1, 0.15) is 18.7 Å². The first kappa shape index (κ1) is 21.8. The quantitative estimate of drug-likeness (QED) is 0.775. The lowest BCUT2D eigenvalue weighted by Gasteiger charge is -2.19. The van der Waals surface area contributed by atoms with E-state index in [1.807, 2.05) is 30.3 Å². The fourth-order valence-electron chi connectivity index (χ4n) is 2.65. The molecule has 1 fully saturated rings. The number of alkyl halides is 3. The smallest absolute Gasteiger partial charge is 0.475 e. The van der Waals surface area contributed by atoms with E-state index in [-0.39, 0.29) is 0 Å². The molecule has 154 valence electrons. The number of aromatic nitrogens is 3. The van der Waals surface area contributed by atoms with E-state index in [9.17, 15) is 13.2 Å². The van der Waals surface area contributed by atoms with Crippen molar-refractivity contribution < 1.29 is 27.8 Å². The van der Waals surface area contributed by atoms with Gasteiger partial charge >= 0.3 is 12.1 Å². The summed E-state index contributed by atoms with van der Waals surface area (Å²) in [5, 5.41) is 14.4. The van der Waals surface area contributed by atoms with Gasteiger partial charge in [-0.2, -0.15) is 18.3 Å². The third kappa shape index (κ3) is 7.28. The summed E-state index contributed by atoms with van der Waals surface area (Å²) in [6.45, 7) is 2.88. The summed E-state index contributed by atoms with van der Waals surface area (Å²) in [4.78, 5) is 15.8. The summed E-state index contributed by atoms with van der Waals surface area (Å²) in [7, 11) is 2.14. The molecule has 2 N–H and O–H groups in total. The number of halogens is 3. The van der Waals surface area contributed by atoms with Crippen molar-refractivity contribution in [2.75, 3.05) is 26.7 Å². The van der Waals surface area contributed by atoms with E-state index in [0.29, 0.717) is 6.10 Å². The molecule has 0 radical (unpaired) electrons. The van der Waals surface area contributed by atoms with Crippen LogP contribution in [-0.4, -0.2) is 70.2 Å². The zero-order valence-electron chi connectivity index (χ0n) is 15.4. The first-order chi connectivity index (χ1) is 13.3. The van der Waals surface area contributed by atoms with E-state index in [0.717, 1.165) is 43.3 Å². The minimum atomic E-state index is -5.08. The van der Waals surface area contributed by atoms with Gasteiger partial charge in [-0.25, -0.2) is 9.78 Å². The molecule has 1 aromatic heterocycles. The Hall–Kier alpha value is -2.46. The van der Waals surface area contributed by atoms with Gasteiger partial charge in [-0.15, -0.1) is 0 Å². The molecule has 0 bridgehead atoms. The van der Waals surface area contributed by atoms with Gasteiger partial charge in [0.25, 0.3) is 0 Å². The van der Waals surface area contributed by atoms with Crippen molar-refractivity contribution in [3.63, 3.8) is 0 Å². The molecule has 0 spiro atoms. The number of likely N-dealkylation sites (N-methyl/N-ethyl adjacent to an activating group) is 1. The number of carbonyl (C=O) groups is 1. The summed E-state index contributed by atoms with van der Waals surface area (Å²) in [5.74, 6) is -1.05. The number of carboxylic acids is 1. The van der Waals surface area contributed by atoms with E-state index in [1.165, 1.54) is 12.8 Å². The molecule has 7 nitrogen and oxygen atoms in total. The number of aliphatic carboxylic acids is 1. The van der Waals surface area contributed by atoms with Crippen molar-refractivity contribution in [1.82, 2.24) is 20.1 Å². The van der Waals surface area contributed by atoms with Crippen LogP contribution in [0.4, 0.5) is 13.2 Å². The molecule has 1 aliphatic rings. The minimum Gasteiger partial charge on any atom is -0.475 e. The van der Waals surface area contributed by atoms with Crippen LogP contribution < -0.4 is 0 Å². The highest BCUT2D eigenvalue weighted by molar-refractivity contribution is 5.73. The molecule has 2 heterocycles. The lowest BCUT2D eigenvalue weighted by molar-refractivity contribution is -0.192. The number of benzene rings is 1. The number of nitrogens with one attached hydrogen (secondary N) is 1. The molecule has 0 aliphatic carbocycles. The topological polar surface area (TPSA) is 91.3 Å². The first-order valence-corrected chi connectivity index (χ1v) is 8.82. The van der Waals surface area contributed by atoms with Gasteiger partial charge in [0.2, 0.25) is 0 Å². The molecule has 1 atom stereocenters. The Balaban J connectivity index is 0.000000345.